The molecule has 0 saturated carbocycles. The largest absolute Gasteiger partial charge is 0.436 e. The van der Waals surface area contributed by atoms with E-state index in [1.807, 2.05) is 20.8 Å². The van der Waals surface area contributed by atoms with Gasteiger partial charge in [-0.15, -0.1) is 0 Å². The molecule has 1 heterocycles. The van der Waals surface area contributed by atoms with Gasteiger partial charge in [0.2, 0.25) is 5.89 Å². The summed E-state index contributed by atoms with van der Waals surface area (Å²) in [6.45, 7) is 6.02. The number of nitrogens with zero attached hydrogens (tertiary/aromatic N) is 1. The first-order valence-electron chi connectivity index (χ1n) is 6.20. The van der Waals surface area contributed by atoms with Crippen LogP contribution in [0, 0.1) is 26.6 Å². The monoisotopic (exact) mass is 255 g/mol. The van der Waals surface area contributed by atoms with E-state index in [4.69, 9.17) is 4.42 Å². The van der Waals surface area contributed by atoms with Gasteiger partial charge in [0, 0.05) is 0 Å². The molecule has 3 aromatic rings. The number of benzene rings is 2. The summed E-state index contributed by atoms with van der Waals surface area (Å²) >= 11 is 0. The Kier molecular flexibility index (Phi) is 2.63. The molecule has 3 heteroatoms. The maximum absolute atomic E-state index is 13.8. The summed E-state index contributed by atoms with van der Waals surface area (Å²) in [7, 11) is 0. The number of halogens is 1. The summed E-state index contributed by atoms with van der Waals surface area (Å²) in [6.07, 6.45) is 0. The molecule has 2 nitrogen and oxygen atoms in total. The van der Waals surface area contributed by atoms with Gasteiger partial charge in [-0.1, -0.05) is 18.2 Å². The number of aryl methyl sites for hydroxylation is 3. The third kappa shape index (κ3) is 1.82. The predicted octanol–water partition coefficient (Wildman–Crippen LogP) is 4.56. The van der Waals surface area contributed by atoms with Crippen LogP contribution >= 0.6 is 0 Å². The van der Waals surface area contributed by atoms with Crippen molar-refractivity contribution in [2.75, 3.05) is 0 Å². The molecule has 0 bridgehead atoms. The first-order chi connectivity index (χ1) is 9.08. The van der Waals surface area contributed by atoms with Gasteiger partial charge >= 0.3 is 0 Å². The summed E-state index contributed by atoms with van der Waals surface area (Å²) in [4.78, 5) is 4.46. The Hall–Kier alpha value is -2.16. The topological polar surface area (TPSA) is 26.0 Å². The zero-order valence-corrected chi connectivity index (χ0v) is 11.1. The number of fused-ring (bicyclic) bond motifs is 1. The number of hydrogen-bond acceptors (Lipinski definition) is 2. The molecule has 0 aliphatic carbocycles. The molecular weight excluding hydrogens is 241 g/mol. The van der Waals surface area contributed by atoms with Gasteiger partial charge in [-0.05, 0) is 49.6 Å². The molecule has 2 aromatic carbocycles. The van der Waals surface area contributed by atoms with Crippen LogP contribution in [0.4, 0.5) is 4.39 Å². The number of rotatable bonds is 1. The fourth-order valence-corrected chi connectivity index (χ4v) is 2.28. The molecule has 0 N–H and O–H groups in total. The smallest absolute Gasteiger partial charge is 0.230 e. The second-order valence-corrected chi connectivity index (χ2v) is 4.81. The fraction of sp³-hybridized carbons (Fsp3) is 0.188. The highest BCUT2D eigenvalue weighted by Crippen LogP contribution is 2.30. The molecule has 0 atom stereocenters. The average Bonchev–Trinajstić information content (AvgIpc) is 2.82. The lowest BCUT2D eigenvalue weighted by Crippen LogP contribution is -1.86. The number of hydrogen-bond donors (Lipinski definition) is 0. The highest BCUT2D eigenvalue weighted by molar-refractivity contribution is 5.83. The van der Waals surface area contributed by atoms with Crippen LogP contribution in [0.5, 0.6) is 0 Å². The van der Waals surface area contributed by atoms with E-state index in [-0.39, 0.29) is 5.82 Å². The maximum Gasteiger partial charge on any atom is 0.230 e. The van der Waals surface area contributed by atoms with Gasteiger partial charge in [-0.3, -0.25) is 0 Å². The highest BCUT2D eigenvalue weighted by atomic mass is 19.1. The zero-order chi connectivity index (χ0) is 13.6. The van der Waals surface area contributed by atoms with Crippen molar-refractivity contribution in [2.24, 2.45) is 0 Å². The van der Waals surface area contributed by atoms with Crippen LogP contribution in [-0.2, 0) is 0 Å². The van der Waals surface area contributed by atoms with Crippen molar-refractivity contribution in [2.45, 2.75) is 20.8 Å². The van der Waals surface area contributed by atoms with Gasteiger partial charge in [-0.2, -0.15) is 0 Å². The van der Waals surface area contributed by atoms with Gasteiger partial charge in [0.25, 0.3) is 0 Å². The van der Waals surface area contributed by atoms with E-state index in [2.05, 4.69) is 11.1 Å². The van der Waals surface area contributed by atoms with Crippen molar-refractivity contribution in [3.05, 3.63) is 52.8 Å². The lowest BCUT2D eigenvalue weighted by molar-refractivity contribution is 0.592. The third-order valence-electron chi connectivity index (χ3n) is 3.47. The van der Waals surface area contributed by atoms with E-state index in [9.17, 15) is 4.39 Å². The summed E-state index contributed by atoms with van der Waals surface area (Å²) in [5.41, 5.74) is 5.21. The molecule has 1 aromatic heterocycles. The van der Waals surface area contributed by atoms with Crippen molar-refractivity contribution in [1.29, 1.82) is 0 Å². The van der Waals surface area contributed by atoms with E-state index in [0.29, 0.717) is 11.5 Å². The minimum atomic E-state index is -0.318. The molecule has 0 radical (unpaired) electrons. The second kappa shape index (κ2) is 4.19. The van der Waals surface area contributed by atoms with Crippen LogP contribution in [0.1, 0.15) is 16.7 Å². The van der Waals surface area contributed by atoms with E-state index in [0.717, 1.165) is 22.2 Å². The minimum absolute atomic E-state index is 0.318. The molecular formula is C16H14FNO. The number of aromatic nitrogens is 1. The quantitative estimate of drug-likeness (QED) is 0.637. The number of oxazole rings is 1. The fourth-order valence-electron chi connectivity index (χ4n) is 2.28. The van der Waals surface area contributed by atoms with E-state index < -0.39 is 0 Å². The molecule has 0 unspecified atom stereocenters. The lowest BCUT2D eigenvalue weighted by Gasteiger charge is -2.01. The first kappa shape index (κ1) is 11.9. The zero-order valence-electron chi connectivity index (χ0n) is 11.1. The second-order valence-electron chi connectivity index (χ2n) is 4.81. The van der Waals surface area contributed by atoms with Crippen LogP contribution in [0.25, 0.3) is 22.6 Å². The summed E-state index contributed by atoms with van der Waals surface area (Å²) < 4.78 is 19.5. The van der Waals surface area contributed by atoms with Crippen LogP contribution in [-0.4, -0.2) is 4.98 Å². The SMILES string of the molecule is Cc1cc(C)c2oc(-c3ccccc3F)nc2c1C. The Balaban J connectivity index is 2.31. The van der Waals surface area contributed by atoms with Crippen molar-refractivity contribution < 1.29 is 8.81 Å². The molecule has 0 aliphatic heterocycles. The summed E-state index contributed by atoms with van der Waals surface area (Å²) in [6, 6.07) is 8.58. The standard InChI is InChI=1S/C16H14FNO/c1-9-8-10(2)15-14(11(9)3)18-16(19-15)12-6-4-5-7-13(12)17/h4-8H,1-3H3. The Bertz CT molecular complexity index is 774. The Morgan fingerprint density at radius 3 is 2.53 bits per heavy atom. The third-order valence-corrected chi connectivity index (χ3v) is 3.47. The van der Waals surface area contributed by atoms with Gasteiger partial charge in [-0.25, -0.2) is 9.37 Å². The minimum Gasteiger partial charge on any atom is -0.436 e. The van der Waals surface area contributed by atoms with Crippen molar-refractivity contribution in [1.82, 2.24) is 4.98 Å². The van der Waals surface area contributed by atoms with Crippen molar-refractivity contribution >= 4 is 11.1 Å². The molecule has 0 fully saturated rings. The first-order valence-corrected chi connectivity index (χ1v) is 6.20. The van der Waals surface area contributed by atoms with E-state index >= 15 is 0 Å². The predicted molar refractivity (Wildman–Crippen MR) is 73.6 cm³/mol. The van der Waals surface area contributed by atoms with Crippen molar-refractivity contribution in [3.63, 3.8) is 0 Å². The maximum atomic E-state index is 13.8. The Labute approximate surface area is 110 Å². The van der Waals surface area contributed by atoms with E-state index in [1.165, 1.54) is 11.6 Å². The molecule has 96 valence electrons. The molecule has 19 heavy (non-hydrogen) atoms. The van der Waals surface area contributed by atoms with Crippen LogP contribution < -0.4 is 0 Å². The summed E-state index contributed by atoms with van der Waals surface area (Å²) in [5, 5.41) is 0. The summed E-state index contributed by atoms with van der Waals surface area (Å²) in [5.74, 6) is 0.0194. The Morgan fingerprint density at radius 2 is 1.79 bits per heavy atom. The highest BCUT2D eigenvalue weighted by Gasteiger charge is 2.15. The molecule has 0 amide bonds. The molecule has 0 saturated heterocycles. The van der Waals surface area contributed by atoms with Gasteiger partial charge in [0.15, 0.2) is 5.58 Å². The van der Waals surface area contributed by atoms with Crippen molar-refractivity contribution in [3.8, 4) is 11.5 Å². The normalized spacial score (nSPS) is 11.2. The lowest BCUT2D eigenvalue weighted by atomic mass is 10.1. The Morgan fingerprint density at radius 1 is 1.05 bits per heavy atom. The van der Waals surface area contributed by atoms with Crippen LogP contribution in [0.2, 0.25) is 0 Å². The van der Waals surface area contributed by atoms with E-state index in [1.54, 1.807) is 18.2 Å². The van der Waals surface area contributed by atoms with Gasteiger partial charge in [0.05, 0.1) is 5.56 Å². The van der Waals surface area contributed by atoms with Crippen LogP contribution in [0.15, 0.2) is 34.7 Å². The van der Waals surface area contributed by atoms with Crippen LogP contribution in [0.3, 0.4) is 0 Å². The molecule has 0 aliphatic rings. The van der Waals surface area contributed by atoms with Gasteiger partial charge < -0.3 is 4.42 Å². The molecule has 0 spiro atoms. The average molecular weight is 255 g/mol. The molecule has 3 rings (SSSR count). The van der Waals surface area contributed by atoms with Gasteiger partial charge in [0.1, 0.15) is 11.3 Å².